The molecule has 0 atom stereocenters. The van der Waals surface area contributed by atoms with E-state index in [0.717, 1.165) is 22.6 Å². The van der Waals surface area contributed by atoms with Crippen LogP contribution in [0.25, 0.3) is 0 Å². The molecule has 0 N–H and O–H groups in total. The van der Waals surface area contributed by atoms with Crippen molar-refractivity contribution in [1.29, 1.82) is 0 Å². The number of ether oxygens (including phenoxy) is 1. The lowest BCUT2D eigenvalue weighted by atomic mass is 10.1. The van der Waals surface area contributed by atoms with Crippen molar-refractivity contribution < 1.29 is 9.53 Å². The van der Waals surface area contributed by atoms with Gasteiger partial charge in [-0.3, -0.25) is 0 Å². The van der Waals surface area contributed by atoms with E-state index in [4.69, 9.17) is 4.74 Å². The first kappa shape index (κ1) is 16.5. The van der Waals surface area contributed by atoms with Crippen molar-refractivity contribution in [3.63, 3.8) is 0 Å². The van der Waals surface area contributed by atoms with Crippen LogP contribution in [-0.4, -0.2) is 5.97 Å². The molecule has 0 fully saturated rings. The van der Waals surface area contributed by atoms with E-state index in [-0.39, 0.29) is 6.61 Å². The topological polar surface area (TPSA) is 29.5 Å². The fraction of sp³-hybridized carbons (Fsp3) is 0.0455. The molecule has 0 unspecified atom stereocenters. The number of hydrogen-bond acceptors (Lipinski definition) is 3. The van der Waals surface area contributed by atoms with Crippen LogP contribution in [-0.2, 0) is 16.1 Å². The van der Waals surface area contributed by atoms with Crippen molar-refractivity contribution >= 4 is 23.0 Å². The molecular weight excluding hydrogens is 310 g/mol. The predicted molar refractivity (Wildman–Crippen MR) is 101 cm³/mol. The van der Waals surface area contributed by atoms with Gasteiger partial charge in [-0.2, -0.15) is 0 Å². The Kier molecular flexibility index (Phi) is 5.27. The highest BCUT2D eigenvalue weighted by atomic mass is 16.5. The normalized spacial score (nSPS) is 10.1. The lowest BCUT2D eigenvalue weighted by Gasteiger charge is -2.25. The molecule has 0 radical (unpaired) electrons. The molecule has 0 bridgehead atoms. The summed E-state index contributed by atoms with van der Waals surface area (Å²) >= 11 is 0. The second kappa shape index (κ2) is 7.97. The number of para-hydroxylation sites is 2. The first-order chi connectivity index (χ1) is 12.3. The van der Waals surface area contributed by atoms with E-state index in [1.165, 1.54) is 6.08 Å². The first-order valence-corrected chi connectivity index (χ1v) is 8.06. The van der Waals surface area contributed by atoms with Gasteiger partial charge in [0.2, 0.25) is 0 Å². The van der Waals surface area contributed by atoms with Crippen LogP contribution in [0, 0.1) is 0 Å². The molecule has 0 amide bonds. The van der Waals surface area contributed by atoms with Crippen LogP contribution in [0.4, 0.5) is 17.1 Å². The molecule has 0 saturated carbocycles. The smallest absolute Gasteiger partial charge is 0.330 e. The van der Waals surface area contributed by atoms with E-state index >= 15 is 0 Å². The largest absolute Gasteiger partial charge is 0.458 e. The zero-order valence-electron chi connectivity index (χ0n) is 13.8. The lowest BCUT2D eigenvalue weighted by molar-refractivity contribution is -0.138. The molecule has 0 aliphatic carbocycles. The molecule has 0 aliphatic rings. The summed E-state index contributed by atoms with van der Waals surface area (Å²) in [7, 11) is 0. The van der Waals surface area contributed by atoms with Gasteiger partial charge in [-0.1, -0.05) is 55.1 Å². The molecule has 0 aliphatic heterocycles. The summed E-state index contributed by atoms with van der Waals surface area (Å²) in [6.07, 6.45) is 1.17. The van der Waals surface area contributed by atoms with E-state index in [1.54, 1.807) is 0 Å². The molecule has 0 aromatic heterocycles. The Balaban J connectivity index is 1.89. The summed E-state index contributed by atoms with van der Waals surface area (Å²) in [6, 6.07) is 28.4. The Hall–Kier alpha value is -3.33. The van der Waals surface area contributed by atoms with Gasteiger partial charge in [0.25, 0.3) is 0 Å². The van der Waals surface area contributed by atoms with E-state index in [2.05, 4.69) is 35.7 Å². The molecule has 3 rings (SSSR count). The van der Waals surface area contributed by atoms with Crippen molar-refractivity contribution in [2.45, 2.75) is 6.61 Å². The predicted octanol–water partition coefficient (Wildman–Crippen LogP) is 5.39. The van der Waals surface area contributed by atoms with Gasteiger partial charge in [0.05, 0.1) is 0 Å². The highest BCUT2D eigenvalue weighted by Gasteiger charge is 2.11. The van der Waals surface area contributed by atoms with Crippen molar-refractivity contribution in [2.24, 2.45) is 0 Å². The summed E-state index contributed by atoms with van der Waals surface area (Å²) in [5.74, 6) is -0.417. The van der Waals surface area contributed by atoms with E-state index in [9.17, 15) is 4.79 Å². The Labute approximate surface area is 147 Å². The van der Waals surface area contributed by atoms with Crippen molar-refractivity contribution in [1.82, 2.24) is 0 Å². The van der Waals surface area contributed by atoms with Crippen LogP contribution in [0.15, 0.2) is 97.6 Å². The molecule has 3 aromatic rings. The van der Waals surface area contributed by atoms with Crippen LogP contribution in [0.1, 0.15) is 5.56 Å². The van der Waals surface area contributed by atoms with Gasteiger partial charge in [-0.25, -0.2) is 4.79 Å². The van der Waals surface area contributed by atoms with Gasteiger partial charge < -0.3 is 9.64 Å². The van der Waals surface area contributed by atoms with Gasteiger partial charge in [0.1, 0.15) is 6.61 Å². The maximum Gasteiger partial charge on any atom is 0.330 e. The summed E-state index contributed by atoms with van der Waals surface area (Å²) in [6.45, 7) is 3.63. The number of carbonyl (C=O) groups excluding carboxylic acids is 1. The summed E-state index contributed by atoms with van der Waals surface area (Å²) in [4.78, 5) is 13.4. The van der Waals surface area contributed by atoms with Crippen LogP contribution < -0.4 is 4.90 Å². The van der Waals surface area contributed by atoms with Gasteiger partial charge in [0.15, 0.2) is 0 Å². The van der Waals surface area contributed by atoms with E-state index < -0.39 is 5.97 Å². The van der Waals surface area contributed by atoms with Crippen molar-refractivity contribution in [3.8, 4) is 0 Å². The number of hydrogen-bond donors (Lipinski definition) is 0. The molecular formula is C22H19NO2. The van der Waals surface area contributed by atoms with Crippen LogP contribution in [0.3, 0.4) is 0 Å². The highest BCUT2D eigenvalue weighted by Crippen LogP contribution is 2.34. The quantitative estimate of drug-likeness (QED) is 0.449. The third-order valence-electron chi connectivity index (χ3n) is 3.77. The molecule has 3 aromatic carbocycles. The standard InChI is InChI=1S/C22H19NO2/c1-2-22(24)25-17-18-13-15-21(16-14-18)23(19-9-5-3-6-10-19)20-11-7-4-8-12-20/h2-16H,1,17H2. The number of esters is 1. The third-order valence-corrected chi connectivity index (χ3v) is 3.77. The summed E-state index contributed by atoms with van der Waals surface area (Å²) in [5, 5.41) is 0. The average molecular weight is 329 g/mol. The first-order valence-electron chi connectivity index (χ1n) is 8.06. The third kappa shape index (κ3) is 4.15. The fourth-order valence-corrected chi connectivity index (χ4v) is 2.56. The Morgan fingerprint density at radius 1 is 0.800 bits per heavy atom. The zero-order valence-corrected chi connectivity index (χ0v) is 13.8. The fourth-order valence-electron chi connectivity index (χ4n) is 2.56. The van der Waals surface area contributed by atoms with Gasteiger partial charge in [-0.05, 0) is 42.0 Å². The molecule has 3 nitrogen and oxygen atoms in total. The second-order valence-electron chi connectivity index (χ2n) is 5.48. The number of benzene rings is 3. The molecule has 25 heavy (non-hydrogen) atoms. The molecule has 3 heteroatoms. The highest BCUT2D eigenvalue weighted by molar-refractivity contribution is 5.81. The molecule has 124 valence electrons. The SMILES string of the molecule is C=CC(=O)OCc1ccc(N(c2ccccc2)c2ccccc2)cc1. The Bertz CT molecular complexity index is 787. The summed E-state index contributed by atoms with van der Waals surface area (Å²) < 4.78 is 5.08. The molecule has 0 saturated heterocycles. The second-order valence-corrected chi connectivity index (χ2v) is 5.48. The van der Waals surface area contributed by atoms with Crippen LogP contribution in [0.2, 0.25) is 0 Å². The Morgan fingerprint density at radius 2 is 1.28 bits per heavy atom. The van der Waals surface area contributed by atoms with Gasteiger partial charge >= 0.3 is 5.97 Å². The lowest BCUT2D eigenvalue weighted by Crippen LogP contribution is -2.09. The number of carbonyl (C=O) groups is 1. The monoisotopic (exact) mass is 329 g/mol. The molecule has 0 spiro atoms. The number of rotatable bonds is 6. The van der Waals surface area contributed by atoms with Crippen LogP contribution in [0.5, 0.6) is 0 Å². The zero-order chi connectivity index (χ0) is 17.5. The maximum absolute atomic E-state index is 11.2. The van der Waals surface area contributed by atoms with Crippen LogP contribution >= 0.6 is 0 Å². The van der Waals surface area contributed by atoms with E-state index in [1.807, 2.05) is 60.7 Å². The number of nitrogens with zero attached hydrogens (tertiary/aromatic N) is 1. The minimum atomic E-state index is -0.417. The van der Waals surface area contributed by atoms with Crippen molar-refractivity contribution in [2.75, 3.05) is 4.90 Å². The maximum atomic E-state index is 11.2. The summed E-state index contributed by atoms with van der Waals surface area (Å²) in [5.41, 5.74) is 4.13. The average Bonchev–Trinajstić information content (AvgIpc) is 2.69. The minimum Gasteiger partial charge on any atom is -0.458 e. The minimum absolute atomic E-state index is 0.238. The number of anilines is 3. The van der Waals surface area contributed by atoms with E-state index in [0.29, 0.717) is 0 Å². The molecule has 0 heterocycles. The van der Waals surface area contributed by atoms with Gasteiger partial charge in [0, 0.05) is 23.1 Å². The van der Waals surface area contributed by atoms with Crippen molar-refractivity contribution in [3.05, 3.63) is 103 Å². The van der Waals surface area contributed by atoms with Gasteiger partial charge in [-0.15, -0.1) is 0 Å². The Morgan fingerprint density at radius 3 is 1.76 bits per heavy atom.